The van der Waals surface area contributed by atoms with Gasteiger partial charge in [-0.2, -0.15) is 0 Å². The summed E-state index contributed by atoms with van der Waals surface area (Å²) in [4.78, 5) is 0. The van der Waals surface area contributed by atoms with Crippen molar-refractivity contribution >= 4 is 5.84 Å². The summed E-state index contributed by atoms with van der Waals surface area (Å²) in [6, 6.07) is 0. The molecular formula is C10H19N3O. The summed E-state index contributed by atoms with van der Waals surface area (Å²) in [7, 11) is 0. The highest BCUT2D eigenvalue weighted by molar-refractivity contribution is 5.79. The predicted octanol–water partition coefficient (Wildman–Crippen LogP) is 0.906. The average Bonchev–Trinajstić information content (AvgIpc) is 2.21. The molecule has 0 atom stereocenters. The van der Waals surface area contributed by atoms with Gasteiger partial charge in [0.05, 0.1) is 0 Å². The van der Waals surface area contributed by atoms with Crippen molar-refractivity contribution in [1.82, 2.24) is 5.32 Å². The van der Waals surface area contributed by atoms with Crippen LogP contribution in [0.5, 0.6) is 0 Å². The van der Waals surface area contributed by atoms with E-state index in [1.807, 2.05) is 6.92 Å². The number of hydrogen-bond donors (Lipinski definition) is 3. The topological polar surface area (TPSA) is 70.6 Å². The van der Waals surface area contributed by atoms with Crippen molar-refractivity contribution in [3.8, 4) is 11.8 Å². The molecule has 0 fully saturated rings. The van der Waals surface area contributed by atoms with Crippen LogP contribution in [-0.4, -0.2) is 24.1 Å². The third kappa shape index (κ3) is 8.88. The fraction of sp³-hybridized carbons (Fsp3) is 0.700. The summed E-state index contributed by atoms with van der Waals surface area (Å²) >= 11 is 0. The van der Waals surface area contributed by atoms with Crippen molar-refractivity contribution in [2.75, 3.05) is 13.1 Å². The van der Waals surface area contributed by atoms with E-state index in [9.17, 15) is 0 Å². The molecule has 0 bridgehead atoms. The van der Waals surface area contributed by atoms with Crippen LogP contribution in [0.15, 0.2) is 5.16 Å². The Morgan fingerprint density at radius 1 is 1.43 bits per heavy atom. The van der Waals surface area contributed by atoms with Crippen molar-refractivity contribution in [1.29, 1.82) is 0 Å². The number of rotatable bonds is 7. The van der Waals surface area contributed by atoms with Crippen LogP contribution in [0.25, 0.3) is 0 Å². The van der Waals surface area contributed by atoms with Crippen LogP contribution in [0.2, 0.25) is 0 Å². The molecule has 0 unspecified atom stereocenters. The molecule has 4 nitrogen and oxygen atoms in total. The van der Waals surface area contributed by atoms with Crippen molar-refractivity contribution in [2.45, 2.75) is 32.6 Å². The molecule has 0 aromatic carbocycles. The molecule has 14 heavy (non-hydrogen) atoms. The van der Waals surface area contributed by atoms with Crippen LogP contribution < -0.4 is 11.1 Å². The van der Waals surface area contributed by atoms with Gasteiger partial charge in [0.15, 0.2) is 0 Å². The lowest BCUT2D eigenvalue weighted by molar-refractivity contribution is 0.316. The zero-order chi connectivity index (χ0) is 10.6. The molecule has 80 valence electrons. The van der Waals surface area contributed by atoms with E-state index in [1.165, 1.54) is 0 Å². The molecule has 4 N–H and O–H groups in total. The van der Waals surface area contributed by atoms with E-state index in [1.54, 1.807) is 0 Å². The molecule has 4 heteroatoms. The maximum Gasteiger partial charge on any atom is 0.139 e. The molecule has 0 saturated carbocycles. The maximum absolute atomic E-state index is 8.27. The van der Waals surface area contributed by atoms with Crippen LogP contribution in [0.1, 0.15) is 32.6 Å². The standard InChI is InChI=1S/C10H19N3O/c1-2-3-5-8-12-9-6-4-7-10(11)13-14/h12,14H,4-9H2,1H3,(H2,11,13). The van der Waals surface area contributed by atoms with Gasteiger partial charge in [-0.15, -0.1) is 11.8 Å². The van der Waals surface area contributed by atoms with E-state index in [4.69, 9.17) is 10.9 Å². The number of amidine groups is 1. The molecule has 0 heterocycles. The Hall–Kier alpha value is -1.21. The van der Waals surface area contributed by atoms with E-state index in [-0.39, 0.29) is 0 Å². The summed E-state index contributed by atoms with van der Waals surface area (Å²) in [5.41, 5.74) is 5.31. The van der Waals surface area contributed by atoms with Gasteiger partial charge in [0.25, 0.3) is 0 Å². The molecule has 0 aliphatic heterocycles. The minimum atomic E-state index is 0.307. The highest BCUT2D eigenvalue weighted by Crippen LogP contribution is 1.93. The number of unbranched alkanes of at least 4 members (excludes halogenated alkanes) is 1. The van der Waals surface area contributed by atoms with Gasteiger partial charge < -0.3 is 16.3 Å². The van der Waals surface area contributed by atoms with E-state index in [2.05, 4.69) is 22.3 Å². The van der Waals surface area contributed by atoms with Gasteiger partial charge in [-0.1, -0.05) is 5.16 Å². The van der Waals surface area contributed by atoms with E-state index >= 15 is 0 Å². The molecule has 0 aromatic rings. The number of hydrogen-bond acceptors (Lipinski definition) is 3. The lowest BCUT2D eigenvalue weighted by Crippen LogP contribution is -2.17. The normalized spacial score (nSPS) is 10.8. The van der Waals surface area contributed by atoms with Crippen molar-refractivity contribution < 1.29 is 5.21 Å². The van der Waals surface area contributed by atoms with Gasteiger partial charge in [0, 0.05) is 19.4 Å². The zero-order valence-corrected chi connectivity index (χ0v) is 8.71. The minimum absolute atomic E-state index is 0.307. The molecule has 0 aliphatic carbocycles. The summed E-state index contributed by atoms with van der Waals surface area (Å²) in [6.07, 6.45) is 3.54. The lowest BCUT2D eigenvalue weighted by Gasteiger charge is -2.01. The molecule has 0 saturated heterocycles. The zero-order valence-electron chi connectivity index (χ0n) is 8.71. The molecule has 0 radical (unpaired) electrons. The molecule has 0 aliphatic rings. The first-order valence-electron chi connectivity index (χ1n) is 4.88. The fourth-order valence-corrected chi connectivity index (χ4v) is 1.01. The highest BCUT2D eigenvalue weighted by Gasteiger charge is 1.92. The largest absolute Gasteiger partial charge is 0.409 e. The fourth-order valence-electron chi connectivity index (χ4n) is 1.01. The number of nitrogens with one attached hydrogen (secondary N) is 1. The molecule has 0 amide bonds. The smallest absolute Gasteiger partial charge is 0.139 e. The monoisotopic (exact) mass is 197 g/mol. The van der Waals surface area contributed by atoms with Gasteiger partial charge >= 0.3 is 0 Å². The third-order valence-electron chi connectivity index (χ3n) is 1.77. The van der Waals surface area contributed by atoms with Crippen molar-refractivity contribution in [3.63, 3.8) is 0 Å². The molecule has 0 rings (SSSR count). The Bertz CT molecular complexity index is 215. The predicted molar refractivity (Wildman–Crippen MR) is 58.2 cm³/mol. The van der Waals surface area contributed by atoms with Crippen molar-refractivity contribution in [3.05, 3.63) is 0 Å². The van der Waals surface area contributed by atoms with E-state index in [0.717, 1.165) is 32.4 Å². The van der Waals surface area contributed by atoms with Gasteiger partial charge in [-0.05, 0) is 26.3 Å². The van der Waals surface area contributed by atoms with E-state index in [0.29, 0.717) is 12.3 Å². The number of nitrogens with zero attached hydrogens (tertiary/aromatic N) is 1. The minimum Gasteiger partial charge on any atom is -0.409 e. The Morgan fingerprint density at radius 3 is 2.86 bits per heavy atom. The summed E-state index contributed by atoms with van der Waals surface area (Å²) in [5.74, 6) is 6.13. The Balaban J connectivity index is 3.09. The van der Waals surface area contributed by atoms with Crippen LogP contribution in [0.3, 0.4) is 0 Å². The maximum atomic E-state index is 8.27. The second-order valence-electron chi connectivity index (χ2n) is 2.98. The van der Waals surface area contributed by atoms with Gasteiger partial charge in [-0.3, -0.25) is 0 Å². The second kappa shape index (κ2) is 9.87. The van der Waals surface area contributed by atoms with Crippen LogP contribution in [-0.2, 0) is 0 Å². The first-order chi connectivity index (χ1) is 6.81. The summed E-state index contributed by atoms with van der Waals surface area (Å²) in [5, 5.41) is 14.4. The number of nitrogens with two attached hydrogens (primary N) is 1. The first kappa shape index (κ1) is 12.8. The van der Waals surface area contributed by atoms with E-state index < -0.39 is 0 Å². The number of oxime groups is 1. The van der Waals surface area contributed by atoms with Crippen LogP contribution in [0.4, 0.5) is 0 Å². The SMILES string of the molecule is CC#CCCNCCCCC(N)=NO. The highest BCUT2D eigenvalue weighted by atomic mass is 16.4. The van der Waals surface area contributed by atoms with Crippen molar-refractivity contribution in [2.24, 2.45) is 10.9 Å². The van der Waals surface area contributed by atoms with Gasteiger partial charge in [-0.25, -0.2) is 0 Å². The second-order valence-corrected chi connectivity index (χ2v) is 2.98. The third-order valence-corrected chi connectivity index (χ3v) is 1.77. The molecule has 0 spiro atoms. The van der Waals surface area contributed by atoms with Gasteiger partial charge in [0.2, 0.25) is 0 Å². The first-order valence-corrected chi connectivity index (χ1v) is 4.88. The Morgan fingerprint density at radius 2 is 2.21 bits per heavy atom. The van der Waals surface area contributed by atoms with Crippen LogP contribution >= 0.6 is 0 Å². The molecule has 0 aromatic heterocycles. The lowest BCUT2D eigenvalue weighted by atomic mass is 10.2. The quantitative estimate of drug-likeness (QED) is 0.142. The Labute approximate surface area is 85.6 Å². The summed E-state index contributed by atoms with van der Waals surface area (Å²) in [6.45, 7) is 3.74. The Kier molecular flexibility index (Phi) is 9.02. The van der Waals surface area contributed by atoms with Gasteiger partial charge in [0.1, 0.15) is 5.84 Å². The molecular weight excluding hydrogens is 178 g/mol. The summed E-state index contributed by atoms with van der Waals surface area (Å²) < 4.78 is 0. The van der Waals surface area contributed by atoms with Crippen LogP contribution in [0, 0.1) is 11.8 Å². The average molecular weight is 197 g/mol.